The van der Waals surface area contributed by atoms with Crippen LogP contribution in [0.4, 0.5) is 4.79 Å². The van der Waals surface area contributed by atoms with Crippen molar-refractivity contribution >= 4 is 64.3 Å². The molecule has 0 spiro atoms. The number of aliphatic carboxylic acids is 1. The van der Waals surface area contributed by atoms with E-state index in [1.54, 1.807) is 88.6 Å². The third-order valence-electron chi connectivity index (χ3n) is 13.2. The smallest absolute Gasteiger partial charge is 0.410 e. The lowest BCUT2D eigenvalue weighted by molar-refractivity contribution is -0.143. The molecule has 3 aromatic rings. The van der Waals surface area contributed by atoms with Gasteiger partial charge in [-0.2, -0.15) is 0 Å². The van der Waals surface area contributed by atoms with Crippen LogP contribution in [0.1, 0.15) is 129 Å². The summed E-state index contributed by atoms with van der Waals surface area (Å²) < 4.78 is 6.94. The van der Waals surface area contributed by atoms with Crippen LogP contribution in [-0.2, 0) is 51.1 Å². The van der Waals surface area contributed by atoms with Gasteiger partial charge in [-0.25, -0.2) is 4.79 Å². The van der Waals surface area contributed by atoms with Gasteiger partial charge in [0.2, 0.25) is 41.4 Å². The van der Waals surface area contributed by atoms with Gasteiger partial charge >= 0.3 is 12.1 Å². The fraction of sp³-hybridized carbons (Fsp3) is 0.589. The van der Waals surface area contributed by atoms with E-state index in [4.69, 9.17) is 16.2 Å². The van der Waals surface area contributed by atoms with Crippen molar-refractivity contribution in [3.8, 4) is 0 Å². The van der Waals surface area contributed by atoms with Crippen LogP contribution >= 0.6 is 0 Å². The molecule has 1 aliphatic rings. The minimum absolute atomic E-state index is 0.0245. The molecule has 10 N–H and O–H groups in total. The van der Waals surface area contributed by atoms with Crippen LogP contribution in [0.2, 0.25) is 0 Å². The molecule has 0 aliphatic carbocycles. The third-order valence-corrected chi connectivity index (χ3v) is 13.2. The van der Waals surface area contributed by atoms with Crippen molar-refractivity contribution in [2.45, 2.75) is 174 Å². The molecule has 1 fully saturated rings. The molecule has 7 atom stereocenters. The van der Waals surface area contributed by atoms with E-state index in [0.29, 0.717) is 60.7 Å². The fourth-order valence-electron chi connectivity index (χ4n) is 9.13. The highest BCUT2D eigenvalue weighted by Crippen LogP contribution is 2.25. The number of ether oxygens (including phenoxy) is 1. The van der Waals surface area contributed by atoms with Crippen LogP contribution in [0.3, 0.4) is 0 Å². The van der Waals surface area contributed by atoms with Crippen LogP contribution in [0.25, 0.3) is 10.9 Å². The minimum atomic E-state index is -1.29. The molecule has 21 heteroatoms. The van der Waals surface area contributed by atoms with Gasteiger partial charge in [0.15, 0.2) is 0 Å². The second-order valence-electron chi connectivity index (χ2n) is 22.0. The molecule has 2 aromatic carbocycles. The highest BCUT2D eigenvalue weighted by atomic mass is 16.6. The lowest BCUT2D eigenvalue weighted by Crippen LogP contribution is -2.60. The summed E-state index contributed by atoms with van der Waals surface area (Å²) in [5, 5.41) is 23.8. The van der Waals surface area contributed by atoms with Crippen molar-refractivity contribution in [1.29, 1.82) is 0 Å². The first-order chi connectivity index (χ1) is 36.3. The zero-order valence-electron chi connectivity index (χ0n) is 46.4. The summed E-state index contributed by atoms with van der Waals surface area (Å²) in [4.78, 5) is 126. The fourth-order valence-corrected chi connectivity index (χ4v) is 9.13. The standard InChI is InChI=1S/C56H84N10O11/c1-34(2)29-41(49(69)59-36(5)54(74)75)61-50(70)42(31-37-19-11-10-12-20-37)62-52(72)46-24-17-28-65(46)53(73)44(30-35(3)4)63-51(71)43(60-48(68)40(58)22-15-16-26-57)32-38-33-66(45-23-14-13-21-39(38)45)47(67)25-18-27-64(9)55(76)77-56(6,7)8/h10-14,19-21,23,33-36,40-44,46H,15-18,22,24-32,57-58H2,1-9H3,(H,59,69)(H,60,68)(H,61,70)(H,62,72)(H,63,71)(H,74,75)/t36-,40-,41-,42-,43-,44-,46-/m0/s1. The van der Waals surface area contributed by atoms with Gasteiger partial charge < -0.3 is 57.7 Å². The Morgan fingerprint density at radius 2 is 1.32 bits per heavy atom. The maximum Gasteiger partial charge on any atom is 0.410 e. The molecule has 1 aromatic heterocycles. The van der Waals surface area contributed by atoms with Crippen LogP contribution in [0, 0.1) is 11.8 Å². The first kappa shape index (κ1) is 62.7. The number of nitrogens with two attached hydrogens (primary N) is 2. The van der Waals surface area contributed by atoms with Crippen molar-refractivity contribution in [2.24, 2.45) is 23.3 Å². The number of nitrogens with one attached hydrogen (secondary N) is 5. The molecular formula is C56H84N10O11. The molecule has 0 saturated carbocycles. The average Bonchev–Trinajstić information content (AvgIpc) is 4.01. The van der Waals surface area contributed by atoms with Crippen LogP contribution in [0.5, 0.6) is 0 Å². The second-order valence-corrected chi connectivity index (χ2v) is 22.0. The Morgan fingerprint density at radius 1 is 0.740 bits per heavy atom. The van der Waals surface area contributed by atoms with Gasteiger partial charge in [0.05, 0.1) is 11.6 Å². The maximum atomic E-state index is 14.8. The third kappa shape index (κ3) is 19.6. The van der Waals surface area contributed by atoms with Gasteiger partial charge in [0.1, 0.15) is 41.9 Å². The number of carboxylic acid groups (broad SMARTS) is 1. The largest absolute Gasteiger partial charge is 0.480 e. The van der Waals surface area contributed by atoms with Gasteiger partial charge in [-0.1, -0.05) is 82.6 Å². The lowest BCUT2D eigenvalue weighted by Gasteiger charge is -2.31. The summed E-state index contributed by atoms with van der Waals surface area (Å²) in [6.45, 7) is 14.9. The van der Waals surface area contributed by atoms with E-state index in [9.17, 15) is 48.3 Å². The number of carbonyl (C=O) groups excluding carboxylic acids is 8. The molecule has 2 heterocycles. The average molecular weight is 1070 g/mol. The predicted octanol–water partition coefficient (Wildman–Crippen LogP) is 3.78. The number of hydrogen-bond donors (Lipinski definition) is 8. The van der Waals surface area contributed by atoms with E-state index in [1.165, 1.54) is 21.3 Å². The highest BCUT2D eigenvalue weighted by Gasteiger charge is 2.40. The quantitative estimate of drug-likeness (QED) is 0.0481. The number of likely N-dealkylation sites (tertiary alicyclic amines) is 1. The normalized spacial score (nSPS) is 15.9. The van der Waals surface area contributed by atoms with Gasteiger partial charge in [-0.05, 0) is 108 Å². The molecule has 0 radical (unpaired) electrons. The van der Waals surface area contributed by atoms with E-state index in [2.05, 4.69) is 26.6 Å². The number of carboxylic acids is 1. The minimum Gasteiger partial charge on any atom is -0.480 e. The van der Waals surface area contributed by atoms with Gasteiger partial charge in [-0.3, -0.25) is 42.9 Å². The van der Waals surface area contributed by atoms with Crippen molar-refractivity contribution in [1.82, 2.24) is 41.0 Å². The van der Waals surface area contributed by atoms with Crippen LogP contribution < -0.4 is 38.1 Å². The highest BCUT2D eigenvalue weighted by molar-refractivity contribution is 5.99. The number of nitrogens with zero attached hydrogens (tertiary/aromatic N) is 3. The number of para-hydroxylation sites is 1. The first-order valence-electron chi connectivity index (χ1n) is 26.9. The van der Waals surface area contributed by atoms with E-state index in [-0.39, 0.29) is 69.4 Å². The topological polar surface area (TPSA) is 307 Å². The molecule has 424 valence electrons. The van der Waals surface area contributed by atoms with E-state index < -0.39 is 95.4 Å². The number of aromatic nitrogens is 1. The molecular weight excluding hydrogens is 989 g/mol. The van der Waals surface area contributed by atoms with E-state index in [0.717, 1.165) is 0 Å². The van der Waals surface area contributed by atoms with E-state index >= 15 is 0 Å². The Labute approximate surface area is 452 Å². The summed E-state index contributed by atoms with van der Waals surface area (Å²) in [7, 11) is 1.60. The monoisotopic (exact) mass is 1070 g/mol. The van der Waals surface area contributed by atoms with E-state index in [1.807, 2.05) is 27.7 Å². The van der Waals surface area contributed by atoms with Gasteiger partial charge in [0, 0.05) is 51.0 Å². The molecule has 4 rings (SSSR count). The zero-order chi connectivity index (χ0) is 57.1. The number of hydrogen-bond acceptors (Lipinski definition) is 12. The zero-order valence-corrected chi connectivity index (χ0v) is 46.4. The maximum absolute atomic E-state index is 14.8. The summed E-state index contributed by atoms with van der Waals surface area (Å²) in [6.07, 6.45) is 3.98. The van der Waals surface area contributed by atoms with Gasteiger partial charge in [-0.15, -0.1) is 0 Å². The lowest BCUT2D eigenvalue weighted by atomic mass is 9.99. The molecule has 0 bridgehead atoms. The summed E-state index contributed by atoms with van der Waals surface area (Å²) in [6, 6.07) is 8.03. The van der Waals surface area contributed by atoms with Crippen molar-refractivity contribution in [3.63, 3.8) is 0 Å². The Balaban J connectivity index is 1.61. The predicted molar refractivity (Wildman–Crippen MR) is 292 cm³/mol. The molecule has 1 saturated heterocycles. The summed E-state index contributed by atoms with van der Waals surface area (Å²) >= 11 is 0. The Morgan fingerprint density at radius 3 is 1.95 bits per heavy atom. The number of fused-ring (bicyclic) bond motifs is 1. The molecule has 77 heavy (non-hydrogen) atoms. The molecule has 7 amide bonds. The van der Waals surface area contributed by atoms with Crippen LogP contribution in [-0.4, -0.2) is 147 Å². The van der Waals surface area contributed by atoms with Crippen LogP contribution in [0.15, 0.2) is 60.8 Å². The Kier molecular flexibility index (Phi) is 24.1. The number of benzene rings is 2. The number of carbonyl (C=O) groups is 9. The SMILES string of the molecule is CC(C)C[C@H](NC(=O)[C@H](Cc1ccccc1)NC(=O)[C@@H]1CCCN1C(=O)[C@H](CC(C)C)NC(=O)[C@H](Cc1cn(C(=O)CCCN(C)C(=O)OC(C)(C)C)c2ccccc12)NC(=O)[C@@H](N)CCCCN)C(=O)N[C@@H](C)C(=O)O. The number of rotatable bonds is 28. The number of unbranched alkanes of at least 4 members (excludes halogenated alkanes) is 1. The van der Waals surface area contributed by atoms with Crippen molar-refractivity contribution < 1.29 is 53.0 Å². The van der Waals surface area contributed by atoms with Gasteiger partial charge in [0.25, 0.3) is 0 Å². The molecule has 1 aliphatic heterocycles. The summed E-state index contributed by atoms with van der Waals surface area (Å²) in [5.41, 5.74) is 13.2. The first-order valence-corrected chi connectivity index (χ1v) is 26.9. The molecule has 21 nitrogen and oxygen atoms in total. The van der Waals surface area contributed by atoms with Crippen molar-refractivity contribution in [2.75, 3.05) is 26.7 Å². The Hall–Kier alpha value is -6.87. The van der Waals surface area contributed by atoms with Crippen molar-refractivity contribution in [3.05, 3.63) is 71.9 Å². The summed E-state index contributed by atoms with van der Waals surface area (Å²) in [5.74, 6) is -5.57. The number of amides is 7. The molecule has 0 unspecified atom stereocenters. The second kappa shape index (κ2) is 29.6. The Bertz CT molecular complexity index is 2510.